The minimum Gasteiger partial charge on any atom is -0.466 e. The summed E-state index contributed by atoms with van der Waals surface area (Å²) >= 11 is 0. The maximum Gasteiger partial charge on any atom is 0.305 e. The van der Waals surface area contributed by atoms with Gasteiger partial charge in [0.15, 0.2) is 0 Å². The molecule has 0 saturated heterocycles. The number of unbranched alkanes of at least 4 members (excludes halogenated alkanes) is 51. The van der Waals surface area contributed by atoms with Crippen molar-refractivity contribution in [3.05, 3.63) is 36.5 Å². The Labute approximate surface area is 487 Å². The van der Waals surface area contributed by atoms with Crippen LogP contribution in [0.2, 0.25) is 0 Å². The van der Waals surface area contributed by atoms with Crippen molar-refractivity contribution < 1.29 is 24.5 Å². The molecule has 0 saturated carbocycles. The van der Waals surface area contributed by atoms with E-state index < -0.39 is 12.1 Å². The van der Waals surface area contributed by atoms with Crippen molar-refractivity contribution in [3.63, 3.8) is 0 Å². The van der Waals surface area contributed by atoms with Gasteiger partial charge in [-0.15, -0.1) is 0 Å². The van der Waals surface area contributed by atoms with Gasteiger partial charge in [-0.05, 0) is 64.2 Å². The first-order chi connectivity index (χ1) is 38.5. The Hall–Kier alpha value is -1.92. The molecule has 0 aromatic carbocycles. The molecule has 0 bridgehead atoms. The van der Waals surface area contributed by atoms with Gasteiger partial charge < -0.3 is 20.3 Å². The maximum atomic E-state index is 12.5. The summed E-state index contributed by atoms with van der Waals surface area (Å²) in [7, 11) is 0. The predicted molar refractivity (Wildman–Crippen MR) is 343 cm³/mol. The Kier molecular flexibility index (Phi) is 65.9. The molecule has 0 fully saturated rings. The van der Waals surface area contributed by atoms with E-state index in [1.54, 1.807) is 6.08 Å². The van der Waals surface area contributed by atoms with Crippen molar-refractivity contribution in [2.75, 3.05) is 13.2 Å². The largest absolute Gasteiger partial charge is 0.466 e. The SMILES string of the molecule is CCCCC/C=C\C/C=C\CCCCCCCCCC(=O)OCCCCCCCCCCCCCCCCCCCCCCCCCC(=O)NC(CO)C(O)/C=C/CCCCCCCCCCCCCCCCCCCCC. The Morgan fingerprint density at radius 1 is 0.359 bits per heavy atom. The van der Waals surface area contributed by atoms with E-state index in [1.165, 1.54) is 308 Å². The molecule has 0 aliphatic carbocycles. The van der Waals surface area contributed by atoms with Crippen molar-refractivity contribution in [3.8, 4) is 0 Å². The highest BCUT2D eigenvalue weighted by molar-refractivity contribution is 5.76. The van der Waals surface area contributed by atoms with E-state index in [-0.39, 0.29) is 18.5 Å². The minimum atomic E-state index is -0.846. The van der Waals surface area contributed by atoms with Gasteiger partial charge in [-0.3, -0.25) is 9.59 Å². The van der Waals surface area contributed by atoms with E-state index in [0.29, 0.717) is 19.4 Å². The third-order valence-corrected chi connectivity index (χ3v) is 16.4. The summed E-state index contributed by atoms with van der Waals surface area (Å²) in [5.41, 5.74) is 0. The number of rotatable bonds is 66. The molecule has 1 amide bonds. The quantitative estimate of drug-likeness (QED) is 0.0320. The Morgan fingerprint density at radius 2 is 0.641 bits per heavy atom. The number of aliphatic hydroxyl groups is 2. The van der Waals surface area contributed by atoms with Gasteiger partial charge in [0.25, 0.3) is 0 Å². The fourth-order valence-corrected chi connectivity index (χ4v) is 11.0. The molecule has 0 aliphatic heterocycles. The zero-order chi connectivity index (χ0) is 56.4. The highest BCUT2D eigenvalue weighted by Crippen LogP contribution is 2.19. The summed E-state index contributed by atoms with van der Waals surface area (Å²) < 4.78 is 5.50. The molecule has 0 aromatic rings. The van der Waals surface area contributed by atoms with E-state index in [0.717, 1.165) is 51.4 Å². The summed E-state index contributed by atoms with van der Waals surface area (Å²) in [5, 5.41) is 23.3. The van der Waals surface area contributed by atoms with E-state index in [2.05, 4.69) is 43.5 Å². The van der Waals surface area contributed by atoms with Gasteiger partial charge in [-0.1, -0.05) is 346 Å². The van der Waals surface area contributed by atoms with Crippen LogP contribution in [0.5, 0.6) is 0 Å². The van der Waals surface area contributed by atoms with E-state index in [4.69, 9.17) is 4.74 Å². The Morgan fingerprint density at radius 3 is 1.00 bits per heavy atom. The fourth-order valence-electron chi connectivity index (χ4n) is 11.0. The molecule has 0 aliphatic rings. The molecule has 6 heteroatoms. The summed E-state index contributed by atoms with van der Waals surface area (Å²) in [4.78, 5) is 24.6. The van der Waals surface area contributed by atoms with Gasteiger partial charge in [-0.2, -0.15) is 0 Å². The number of hydrogen-bond donors (Lipinski definition) is 3. The van der Waals surface area contributed by atoms with Crippen LogP contribution >= 0.6 is 0 Å². The van der Waals surface area contributed by atoms with E-state index >= 15 is 0 Å². The average Bonchev–Trinajstić information content (AvgIpc) is 3.44. The normalized spacial score (nSPS) is 12.7. The van der Waals surface area contributed by atoms with Gasteiger partial charge >= 0.3 is 5.97 Å². The fraction of sp³-hybridized carbons (Fsp3) is 0.889. The van der Waals surface area contributed by atoms with Crippen LogP contribution in [0.1, 0.15) is 386 Å². The lowest BCUT2D eigenvalue weighted by Crippen LogP contribution is -2.45. The van der Waals surface area contributed by atoms with Crippen molar-refractivity contribution in [1.29, 1.82) is 0 Å². The lowest BCUT2D eigenvalue weighted by atomic mass is 10.0. The second-order valence-corrected chi connectivity index (χ2v) is 24.2. The summed E-state index contributed by atoms with van der Waals surface area (Å²) in [6, 6.07) is -0.629. The molecular weight excluding hydrogens is 959 g/mol. The highest BCUT2D eigenvalue weighted by atomic mass is 16.5. The molecule has 6 nitrogen and oxygen atoms in total. The van der Waals surface area contributed by atoms with Crippen molar-refractivity contribution in [2.24, 2.45) is 0 Å². The van der Waals surface area contributed by atoms with Gasteiger partial charge in [0, 0.05) is 12.8 Å². The van der Waals surface area contributed by atoms with Crippen LogP contribution in [-0.4, -0.2) is 47.4 Å². The van der Waals surface area contributed by atoms with Gasteiger partial charge in [-0.25, -0.2) is 0 Å². The molecule has 0 heterocycles. The number of aliphatic hydroxyl groups excluding tert-OH is 2. The summed E-state index contributed by atoms with van der Waals surface area (Å²) in [6.07, 6.45) is 86.4. The van der Waals surface area contributed by atoms with Crippen LogP contribution in [-0.2, 0) is 14.3 Å². The molecule has 0 aromatic heterocycles. The lowest BCUT2D eigenvalue weighted by Gasteiger charge is -2.20. The maximum absolute atomic E-state index is 12.5. The van der Waals surface area contributed by atoms with Crippen LogP contribution in [0, 0.1) is 0 Å². The number of hydrogen-bond acceptors (Lipinski definition) is 5. The molecule has 2 atom stereocenters. The standard InChI is InChI=1S/C72H137NO5/c1-3-5-7-9-11-13-15-17-19-21-22-26-29-33-36-40-44-48-52-56-60-64-70(75)69(68-74)73-71(76)65-61-57-53-49-45-41-37-34-30-27-24-23-25-28-31-35-39-43-47-51-55-59-63-67-78-72(77)66-62-58-54-50-46-42-38-32-20-18-16-14-12-10-8-6-4-2/h12,14,18,20,60,64,69-70,74-75H,3-11,13,15-17,19,21-59,61-63,65-68H2,1-2H3,(H,73,76)/b14-12-,20-18-,64-60+. The second-order valence-electron chi connectivity index (χ2n) is 24.2. The monoisotopic (exact) mass is 1100 g/mol. The number of carbonyl (C=O) groups excluding carboxylic acids is 2. The second kappa shape index (κ2) is 67.6. The minimum absolute atomic E-state index is 0.00670. The molecular formula is C72H137NO5. The van der Waals surface area contributed by atoms with E-state index in [1.807, 2.05) is 6.08 Å². The first-order valence-corrected chi connectivity index (χ1v) is 35.3. The number of amides is 1. The van der Waals surface area contributed by atoms with Crippen molar-refractivity contribution in [1.82, 2.24) is 5.32 Å². The van der Waals surface area contributed by atoms with Gasteiger partial charge in [0.1, 0.15) is 0 Å². The predicted octanol–water partition coefficient (Wildman–Crippen LogP) is 22.7. The molecule has 460 valence electrons. The van der Waals surface area contributed by atoms with Crippen LogP contribution < -0.4 is 5.32 Å². The van der Waals surface area contributed by atoms with Crippen LogP contribution in [0.3, 0.4) is 0 Å². The van der Waals surface area contributed by atoms with E-state index in [9.17, 15) is 19.8 Å². The number of esters is 1. The van der Waals surface area contributed by atoms with Gasteiger partial charge in [0.05, 0.1) is 25.4 Å². The zero-order valence-electron chi connectivity index (χ0n) is 52.7. The van der Waals surface area contributed by atoms with Gasteiger partial charge in [0.2, 0.25) is 5.91 Å². The Bertz CT molecular complexity index is 1260. The lowest BCUT2D eigenvalue weighted by molar-refractivity contribution is -0.143. The van der Waals surface area contributed by atoms with Crippen molar-refractivity contribution in [2.45, 2.75) is 398 Å². The average molecular weight is 1100 g/mol. The third kappa shape index (κ3) is 63.3. The number of ether oxygens (including phenoxy) is 1. The summed E-state index contributed by atoms with van der Waals surface area (Å²) in [5.74, 6) is -0.0572. The number of allylic oxidation sites excluding steroid dienone is 5. The molecule has 3 N–H and O–H groups in total. The third-order valence-electron chi connectivity index (χ3n) is 16.4. The molecule has 0 rings (SSSR count). The topological polar surface area (TPSA) is 95.9 Å². The summed E-state index contributed by atoms with van der Waals surface area (Å²) in [6.45, 7) is 4.91. The molecule has 0 spiro atoms. The van der Waals surface area contributed by atoms with Crippen molar-refractivity contribution >= 4 is 11.9 Å². The van der Waals surface area contributed by atoms with Crippen LogP contribution in [0.15, 0.2) is 36.5 Å². The molecule has 0 radical (unpaired) electrons. The Balaban J connectivity index is 3.40. The first-order valence-electron chi connectivity index (χ1n) is 35.3. The highest BCUT2D eigenvalue weighted by Gasteiger charge is 2.18. The molecule has 78 heavy (non-hydrogen) atoms. The zero-order valence-corrected chi connectivity index (χ0v) is 52.7. The van der Waals surface area contributed by atoms with Crippen LogP contribution in [0.25, 0.3) is 0 Å². The molecule has 2 unspecified atom stereocenters. The van der Waals surface area contributed by atoms with Crippen LogP contribution in [0.4, 0.5) is 0 Å². The number of nitrogens with one attached hydrogen (secondary N) is 1. The first kappa shape index (κ1) is 76.1. The number of carbonyl (C=O) groups is 2. The smallest absolute Gasteiger partial charge is 0.305 e.